The predicted octanol–water partition coefficient (Wildman–Crippen LogP) is 2.77. The van der Waals surface area contributed by atoms with Gasteiger partial charge >= 0.3 is 5.97 Å². The molecule has 0 aliphatic carbocycles. The molecule has 2 aromatic carbocycles. The summed E-state index contributed by atoms with van der Waals surface area (Å²) in [7, 11) is 3.25. The van der Waals surface area contributed by atoms with Crippen LogP contribution in [0.25, 0.3) is 0 Å². The number of rotatable bonds is 9. The summed E-state index contributed by atoms with van der Waals surface area (Å²) in [6.07, 6.45) is -0.200. The number of anilines is 2. The minimum atomic E-state index is -0.412. The molecule has 0 aliphatic heterocycles. The Balaban J connectivity index is 1.79. The molecule has 8 heteroatoms. The molecule has 30 heavy (non-hydrogen) atoms. The maximum absolute atomic E-state index is 12.2. The molecule has 0 saturated heterocycles. The van der Waals surface area contributed by atoms with Crippen LogP contribution in [0.1, 0.15) is 24.2 Å². The molecule has 2 N–H and O–H groups in total. The summed E-state index contributed by atoms with van der Waals surface area (Å²) in [5, 5.41) is 5.50. The van der Waals surface area contributed by atoms with E-state index < -0.39 is 5.97 Å². The molecule has 2 aromatic rings. The third-order valence-electron chi connectivity index (χ3n) is 3.95. The zero-order valence-corrected chi connectivity index (χ0v) is 17.6. The second-order valence-electron chi connectivity index (χ2n) is 7.03. The number of esters is 1. The molecule has 0 unspecified atom stereocenters. The number of methoxy groups -OCH3 is 1. The zero-order valence-electron chi connectivity index (χ0n) is 17.6. The number of likely N-dealkylation sites (N-methyl/N-ethyl adjacent to an activating group) is 1. The number of nitrogens with one attached hydrogen (secondary N) is 2. The SMILES string of the molecule is COc1ccc(NC(=O)CN(C)CC(=O)Nc2ccc(C(=O)OC(C)C)cc2)cc1. The molecule has 160 valence electrons. The number of ether oxygens (including phenoxy) is 2. The highest BCUT2D eigenvalue weighted by atomic mass is 16.5. The van der Waals surface area contributed by atoms with Gasteiger partial charge in [-0.1, -0.05) is 0 Å². The van der Waals surface area contributed by atoms with E-state index in [0.717, 1.165) is 0 Å². The zero-order chi connectivity index (χ0) is 22.1. The van der Waals surface area contributed by atoms with Gasteiger partial charge in [0.2, 0.25) is 11.8 Å². The first-order chi connectivity index (χ1) is 14.3. The lowest BCUT2D eigenvalue weighted by Gasteiger charge is -2.16. The van der Waals surface area contributed by atoms with Crippen LogP contribution in [0.5, 0.6) is 5.75 Å². The molecule has 0 radical (unpaired) electrons. The highest BCUT2D eigenvalue weighted by molar-refractivity contribution is 5.95. The molecule has 0 atom stereocenters. The van der Waals surface area contributed by atoms with Gasteiger partial charge in [-0.25, -0.2) is 4.79 Å². The predicted molar refractivity (Wildman–Crippen MR) is 115 cm³/mol. The Bertz CT molecular complexity index is 863. The van der Waals surface area contributed by atoms with Gasteiger partial charge in [-0.3, -0.25) is 14.5 Å². The molecular weight excluding hydrogens is 386 g/mol. The van der Waals surface area contributed by atoms with E-state index in [1.165, 1.54) is 0 Å². The fraction of sp³-hybridized carbons (Fsp3) is 0.318. The topological polar surface area (TPSA) is 97.0 Å². The Kier molecular flexibility index (Phi) is 8.37. The van der Waals surface area contributed by atoms with E-state index in [-0.39, 0.29) is 31.0 Å². The first kappa shape index (κ1) is 22.9. The summed E-state index contributed by atoms with van der Waals surface area (Å²) in [5.74, 6) is -0.215. The van der Waals surface area contributed by atoms with Crippen LogP contribution >= 0.6 is 0 Å². The van der Waals surface area contributed by atoms with Crippen LogP contribution in [-0.4, -0.2) is 56.0 Å². The number of hydrogen-bond acceptors (Lipinski definition) is 6. The molecule has 2 rings (SSSR count). The fourth-order valence-electron chi connectivity index (χ4n) is 2.59. The van der Waals surface area contributed by atoms with Gasteiger partial charge in [0.15, 0.2) is 0 Å². The van der Waals surface area contributed by atoms with Gasteiger partial charge in [0.05, 0.1) is 31.9 Å². The van der Waals surface area contributed by atoms with E-state index in [1.807, 2.05) is 0 Å². The highest BCUT2D eigenvalue weighted by Gasteiger charge is 2.13. The van der Waals surface area contributed by atoms with E-state index in [9.17, 15) is 14.4 Å². The second kappa shape index (κ2) is 11.0. The fourth-order valence-corrected chi connectivity index (χ4v) is 2.59. The monoisotopic (exact) mass is 413 g/mol. The smallest absolute Gasteiger partial charge is 0.338 e. The summed E-state index contributed by atoms with van der Waals surface area (Å²) in [6.45, 7) is 3.65. The van der Waals surface area contributed by atoms with Crippen molar-refractivity contribution in [1.29, 1.82) is 0 Å². The van der Waals surface area contributed by atoms with Crippen molar-refractivity contribution in [3.63, 3.8) is 0 Å². The Morgan fingerprint density at radius 3 is 1.77 bits per heavy atom. The first-order valence-electron chi connectivity index (χ1n) is 9.50. The van der Waals surface area contributed by atoms with Crippen molar-refractivity contribution in [2.45, 2.75) is 20.0 Å². The summed E-state index contributed by atoms with van der Waals surface area (Å²) in [4.78, 5) is 37.8. The number of carbonyl (C=O) groups is 3. The van der Waals surface area contributed by atoms with Gasteiger partial charge in [0.25, 0.3) is 0 Å². The summed E-state index contributed by atoms with van der Waals surface area (Å²) in [5.41, 5.74) is 1.61. The molecule has 0 fully saturated rings. The third-order valence-corrected chi connectivity index (χ3v) is 3.95. The maximum atomic E-state index is 12.2. The normalized spacial score (nSPS) is 10.6. The summed E-state index contributed by atoms with van der Waals surface area (Å²) >= 11 is 0. The van der Waals surface area contributed by atoms with Gasteiger partial charge < -0.3 is 20.1 Å². The van der Waals surface area contributed by atoms with Gasteiger partial charge in [-0.2, -0.15) is 0 Å². The Hall–Kier alpha value is -3.39. The van der Waals surface area contributed by atoms with E-state index in [0.29, 0.717) is 22.7 Å². The van der Waals surface area contributed by atoms with Crippen molar-refractivity contribution in [3.05, 3.63) is 54.1 Å². The lowest BCUT2D eigenvalue weighted by molar-refractivity contribution is -0.119. The van der Waals surface area contributed by atoms with Crippen molar-refractivity contribution < 1.29 is 23.9 Å². The number of nitrogens with zero attached hydrogens (tertiary/aromatic N) is 1. The van der Waals surface area contributed by atoms with Gasteiger partial charge in [0, 0.05) is 11.4 Å². The molecule has 0 saturated carbocycles. The van der Waals surface area contributed by atoms with Gasteiger partial charge in [-0.15, -0.1) is 0 Å². The lowest BCUT2D eigenvalue weighted by Crippen LogP contribution is -2.36. The van der Waals surface area contributed by atoms with E-state index >= 15 is 0 Å². The molecule has 0 heterocycles. The standard InChI is InChI=1S/C22H27N3O5/c1-15(2)30-22(28)16-5-7-17(8-6-16)23-20(26)13-25(3)14-21(27)24-18-9-11-19(29-4)12-10-18/h5-12,15H,13-14H2,1-4H3,(H,23,26)(H,24,27). The van der Waals surface area contributed by atoms with Crippen molar-refractivity contribution in [1.82, 2.24) is 4.90 Å². The van der Waals surface area contributed by atoms with Crippen molar-refractivity contribution in [3.8, 4) is 5.75 Å². The van der Waals surface area contributed by atoms with Crippen LogP contribution < -0.4 is 15.4 Å². The average Bonchev–Trinajstić information content (AvgIpc) is 2.68. The Morgan fingerprint density at radius 1 is 0.867 bits per heavy atom. The number of hydrogen-bond donors (Lipinski definition) is 2. The van der Waals surface area contributed by atoms with Gasteiger partial charge in [-0.05, 0) is 69.4 Å². The van der Waals surface area contributed by atoms with Crippen molar-refractivity contribution in [2.75, 3.05) is 37.9 Å². The van der Waals surface area contributed by atoms with Crippen molar-refractivity contribution in [2.24, 2.45) is 0 Å². The number of benzene rings is 2. The van der Waals surface area contributed by atoms with Gasteiger partial charge in [0.1, 0.15) is 5.75 Å². The number of carbonyl (C=O) groups excluding carboxylic acids is 3. The van der Waals surface area contributed by atoms with Crippen LogP contribution in [0.3, 0.4) is 0 Å². The van der Waals surface area contributed by atoms with Crippen molar-refractivity contribution >= 4 is 29.2 Å². The third kappa shape index (κ3) is 7.56. The first-order valence-corrected chi connectivity index (χ1v) is 9.50. The average molecular weight is 413 g/mol. The number of amides is 2. The van der Waals surface area contributed by atoms with E-state index in [4.69, 9.17) is 9.47 Å². The summed E-state index contributed by atoms with van der Waals surface area (Å²) < 4.78 is 10.2. The minimum absolute atomic E-state index is 0.0349. The van der Waals surface area contributed by atoms with Crippen LogP contribution in [-0.2, 0) is 14.3 Å². The van der Waals surface area contributed by atoms with Crippen LogP contribution in [0.15, 0.2) is 48.5 Å². The molecule has 0 spiro atoms. The van der Waals surface area contributed by atoms with E-state index in [1.54, 1.807) is 81.4 Å². The maximum Gasteiger partial charge on any atom is 0.338 e. The highest BCUT2D eigenvalue weighted by Crippen LogP contribution is 2.15. The lowest BCUT2D eigenvalue weighted by atomic mass is 10.2. The Labute approximate surface area is 176 Å². The Morgan fingerprint density at radius 2 is 1.33 bits per heavy atom. The minimum Gasteiger partial charge on any atom is -0.497 e. The molecule has 0 aliphatic rings. The molecule has 2 amide bonds. The largest absolute Gasteiger partial charge is 0.497 e. The van der Waals surface area contributed by atoms with Crippen LogP contribution in [0, 0.1) is 0 Å². The molecular formula is C22H27N3O5. The van der Waals surface area contributed by atoms with E-state index in [2.05, 4.69) is 10.6 Å². The molecule has 0 bridgehead atoms. The molecule has 8 nitrogen and oxygen atoms in total. The van der Waals surface area contributed by atoms with Crippen LogP contribution in [0.4, 0.5) is 11.4 Å². The van der Waals surface area contributed by atoms with Crippen LogP contribution in [0.2, 0.25) is 0 Å². The quantitative estimate of drug-likeness (QED) is 0.614. The molecule has 0 aromatic heterocycles. The summed E-state index contributed by atoms with van der Waals surface area (Å²) in [6, 6.07) is 13.4. The second-order valence-corrected chi connectivity index (χ2v) is 7.03.